The molecule has 0 atom stereocenters. The third-order valence-corrected chi connectivity index (χ3v) is 5.93. The number of aromatic nitrogens is 4. The van der Waals surface area contributed by atoms with Crippen molar-refractivity contribution >= 4 is 39.2 Å². The zero-order chi connectivity index (χ0) is 21.9. The van der Waals surface area contributed by atoms with E-state index in [1.807, 2.05) is 76.7 Å². The van der Waals surface area contributed by atoms with E-state index in [9.17, 15) is 4.79 Å². The number of hydrogen-bond acceptors (Lipinski definition) is 5. The number of hydrogen-bond donors (Lipinski definition) is 1. The van der Waals surface area contributed by atoms with E-state index in [-0.39, 0.29) is 12.5 Å². The summed E-state index contributed by atoms with van der Waals surface area (Å²) in [7, 11) is 0. The van der Waals surface area contributed by atoms with Crippen LogP contribution < -0.4 is 10.2 Å². The van der Waals surface area contributed by atoms with Gasteiger partial charge < -0.3 is 4.57 Å². The Balaban J connectivity index is 1.40. The SMILES string of the molecule is C=CCn1c(-c2ccccc2)cs/c1=N\NC(=O)Cn1ncc2cc3ccccc3nc21. The van der Waals surface area contributed by atoms with E-state index in [1.165, 1.54) is 11.3 Å². The highest BCUT2D eigenvalue weighted by molar-refractivity contribution is 7.07. The molecule has 1 amide bonds. The molecule has 0 unspecified atom stereocenters. The van der Waals surface area contributed by atoms with Gasteiger partial charge in [-0.25, -0.2) is 15.1 Å². The zero-order valence-corrected chi connectivity index (χ0v) is 18.0. The molecule has 3 heterocycles. The quantitative estimate of drug-likeness (QED) is 0.321. The Morgan fingerprint density at radius 3 is 2.78 bits per heavy atom. The van der Waals surface area contributed by atoms with E-state index in [2.05, 4.69) is 27.2 Å². The Morgan fingerprint density at radius 1 is 1.12 bits per heavy atom. The topological polar surface area (TPSA) is 77.1 Å². The number of rotatable bonds is 6. The maximum Gasteiger partial charge on any atom is 0.261 e. The fourth-order valence-electron chi connectivity index (χ4n) is 3.57. The van der Waals surface area contributed by atoms with Gasteiger partial charge in [0.2, 0.25) is 4.80 Å². The van der Waals surface area contributed by atoms with Crippen LogP contribution in [0.25, 0.3) is 33.2 Å². The third-order valence-electron chi connectivity index (χ3n) is 5.06. The summed E-state index contributed by atoms with van der Waals surface area (Å²) in [4.78, 5) is 18.0. The lowest BCUT2D eigenvalue weighted by atomic mass is 10.2. The molecule has 0 bridgehead atoms. The van der Waals surface area contributed by atoms with Gasteiger partial charge in [0.25, 0.3) is 5.91 Å². The van der Waals surface area contributed by atoms with Crippen molar-refractivity contribution in [2.45, 2.75) is 13.1 Å². The molecule has 8 heteroatoms. The molecule has 1 N–H and O–H groups in total. The molecule has 0 aliphatic heterocycles. The number of benzene rings is 2. The van der Waals surface area contributed by atoms with Crippen LogP contribution in [-0.4, -0.2) is 25.2 Å². The summed E-state index contributed by atoms with van der Waals surface area (Å²) in [6, 6.07) is 20.0. The van der Waals surface area contributed by atoms with Crippen LogP contribution in [0, 0.1) is 0 Å². The van der Waals surface area contributed by atoms with Gasteiger partial charge in [-0.3, -0.25) is 4.79 Å². The lowest BCUT2D eigenvalue weighted by molar-refractivity contribution is -0.121. The molecular formula is C24H20N6OS. The first-order valence-electron chi connectivity index (χ1n) is 10.1. The lowest BCUT2D eigenvalue weighted by Gasteiger charge is -2.06. The number of para-hydroxylation sites is 1. The first kappa shape index (κ1) is 19.9. The van der Waals surface area contributed by atoms with Gasteiger partial charge in [0, 0.05) is 22.7 Å². The van der Waals surface area contributed by atoms with Gasteiger partial charge in [-0.05, 0) is 17.7 Å². The highest BCUT2D eigenvalue weighted by Gasteiger charge is 2.11. The second kappa shape index (κ2) is 8.60. The zero-order valence-electron chi connectivity index (χ0n) is 17.2. The predicted molar refractivity (Wildman–Crippen MR) is 127 cm³/mol. The first-order chi connectivity index (χ1) is 15.7. The number of allylic oxidation sites excluding steroid dienone is 1. The Hall–Kier alpha value is -4.04. The molecule has 0 aliphatic carbocycles. The van der Waals surface area contributed by atoms with Gasteiger partial charge in [-0.2, -0.15) is 5.10 Å². The van der Waals surface area contributed by atoms with Gasteiger partial charge >= 0.3 is 0 Å². The Kier molecular flexibility index (Phi) is 5.35. The van der Waals surface area contributed by atoms with Crippen molar-refractivity contribution < 1.29 is 4.79 Å². The summed E-state index contributed by atoms with van der Waals surface area (Å²) in [6.07, 6.45) is 3.54. The molecule has 0 aliphatic rings. The normalized spacial score (nSPS) is 11.8. The van der Waals surface area contributed by atoms with Crippen molar-refractivity contribution in [2.75, 3.05) is 0 Å². The number of carbonyl (C=O) groups excluding carboxylic acids is 1. The molecule has 2 aromatic carbocycles. The largest absolute Gasteiger partial charge is 0.311 e. The molecule has 0 fully saturated rings. The number of amides is 1. The summed E-state index contributed by atoms with van der Waals surface area (Å²) < 4.78 is 3.61. The van der Waals surface area contributed by atoms with Crippen LogP contribution in [0.4, 0.5) is 0 Å². The molecule has 5 rings (SSSR count). The summed E-state index contributed by atoms with van der Waals surface area (Å²) in [6.45, 7) is 4.45. The predicted octanol–water partition coefficient (Wildman–Crippen LogP) is 3.93. The van der Waals surface area contributed by atoms with Crippen LogP contribution >= 0.6 is 11.3 Å². The number of thiazole rings is 1. The smallest absolute Gasteiger partial charge is 0.261 e. The Morgan fingerprint density at radius 2 is 1.94 bits per heavy atom. The maximum absolute atomic E-state index is 12.6. The molecule has 5 aromatic rings. The van der Waals surface area contributed by atoms with Crippen LogP contribution in [0.15, 0.2) is 90.0 Å². The molecule has 0 saturated heterocycles. The minimum absolute atomic E-state index is 0.0245. The monoisotopic (exact) mass is 440 g/mol. The van der Waals surface area contributed by atoms with Crippen molar-refractivity contribution in [3.8, 4) is 11.3 Å². The van der Waals surface area contributed by atoms with Gasteiger partial charge in [-0.15, -0.1) is 23.0 Å². The van der Waals surface area contributed by atoms with Crippen LogP contribution in [0.5, 0.6) is 0 Å². The minimum Gasteiger partial charge on any atom is -0.311 e. The molecule has 158 valence electrons. The van der Waals surface area contributed by atoms with E-state index in [4.69, 9.17) is 0 Å². The summed E-state index contributed by atoms with van der Waals surface area (Å²) in [5.74, 6) is -0.273. The summed E-state index contributed by atoms with van der Waals surface area (Å²) in [5.41, 5.74) is 6.30. The standard InChI is InChI=1S/C24H20N6OS/c1-2-12-29-21(17-8-4-3-5-9-17)16-32-24(29)28-27-22(31)15-30-23-19(14-25-30)13-18-10-6-7-11-20(18)26-23/h2-11,13-14,16H,1,12,15H2,(H,27,31)/b28-24-. The van der Waals surface area contributed by atoms with Crippen molar-refractivity contribution in [3.05, 3.63) is 89.7 Å². The lowest BCUT2D eigenvalue weighted by Crippen LogP contribution is -2.27. The average Bonchev–Trinajstić information content (AvgIpc) is 3.41. The number of pyridine rings is 1. The highest BCUT2D eigenvalue weighted by Crippen LogP contribution is 2.20. The second-order valence-corrected chi connectivity index (χ2v) is 8.05. The third kappa shape index (κ3) is 3.83. The van der Waals surface area contributed by atoms with E-state index in [0.29, 0.717) is 17.0 Å². The Bertz CT molecular complexity index is 1500. The Labute approximate surface area is 188 Å². The molecule has 0 spiro atoms. The molecule has 7 nitrogen and oxygen atoms in total. The number of nitrogens with one attached hydrogen (secondary N) is 1. The van der Waals surface area contributed by atoms with Crippen molar-refractivity contribution in [1.29, 1.82) is 0 Å². The molecule has 0 radical (unpaired) electrons. The first-order valence-corrected chi connectivity index (χ1v) is 11.0. The van der Waals surface area contributed by atoms with Crippen LogP contribution in [0.1, 0.15) is 0 Å². The summed E-state index contributed by atoms with van der Waals surface area (Å²) in [5, 5.41) is 12.7. The molecule has 3 aromatic heterocycles. The minimum atomic E-state index is -0.273. The van der Waals surface area contributed by atoms with E-state index in [1.54, 1.807) is 10.9 Å². The second-order valence-electron chi connectivity index (χ2n) is 7.21. The van der Waals surface area contributed by atoms with Crippen LogP contribution in [0.2, 0.25) is 0 Å². The van der Waals surface area contributed by atoms with Gasteiger partial charge in [-0.1, -0.05) is 54.6 Å². The summed E-state index contributed by atoms with van der Waals surface area (Å²) >= 11 is 1.46. The molecule has 0 saturated carbocycles. The number of fused-ring (bicyclic) bond motifs is 2. The van der Waals surface area contributed by atoms with Crippen molar-refractivity contribution in [1.82, 2.24) is 24.8 Å². The van der Waals surface area contributed by atoms with Gasteiger partial charge in [0.05, 0.1) is 17.4 Å². The van der Waals surface area contributed by atoms with Crippen molar-refractivity contribution in [2.24, 2.45) is 5.10 Å². The van der Waals surface area contributed by atoms with E-state index >= 15 is 0 Å². The maximum atomic E-state index is 12.6. The van der Waals surface area contributed by atoms with Crippen molar-refractivity contribution in [3.63, 3.8) is 0 Å². The van der Waals surface area contributed by atoms with Gasteiger partial charge in [0.15, 0.2) is 5.65 Å². The molecule has 32 heavy (non-hydrogen) atoms. The fourth-order valence-corrected chi connectivity index (χ4v) is 4.45. The number of carbonyl (C=O) groups is 1. The van der Waals surface area contributed by atoms with Gasteiger partial charge in [0.1, 0.15) is 6.54 Å². The molecular weight excluding hydrogens is 420 g/mol. The number of nitrogens with zero attached hydrogens (tertiary/aromatic N) is 5. The fraction of sp³-hybridized carbons (Fsp3) is 0.0833. The highest BCUT2D eigenvalue weighted by atomic mass is 32.1. The van der Waals surface area contributed by atoms with E-state index in [0.717, 1.165) is 27.5 Å². The van der Waals surface area contributed by atoms with Crippen LogP contribution in [-0.2, 0) is 17.9 Å². The van der Waals surface area contributed by atoms with E-state index < -0.39 is 0 Å². The average molecular weight is 441 g/mol. The van der Waals surface area contributed by atoms with Crippen LogP contribution in [0.3, 0.4) is 0 Å².